The highest BCUT2D eigenvalue weighted by Crippen LogP contribution is 2.39. The van der Waals surface area contributed by atoms with Crippen molar-refractivity contribution in [3.8, 4) is 0 Å². The molecule has 1 saturated carbocycles. The number of halogens is 1. The zero-order valence-electron chi connectivity index (χ0n) is 13.6. The van der Waals surface area contributed by atoms with Gasteiger partial charge in [0.2, 0.25) is 10.0 Å². The van der Waals surface area contributed by atoms with Crippen molar-refractivity contribution in [2.75, 3.05) is 0 Å². The smallest absolute Gasteiger partial charge is 0.246 e. The second kappa shape index (κ2) is 6.14. The quantitative estimate of drug-likeness (QED) is 0.810. The lowest BCUT2D eigenvalue weighted by Crippen LogP contribution is -2.41. The van der Waals surface area contributed by atoms with Gasteiger partial charge in [0.15, 0.2) is 0 Å². The topological polar surface area (TPSA) is 102 Å². The van der Waals surface area contributed by atoms with E-state index in [1.165, 1.54) is 4.68 Å². The lowest BCUT2D eigenvalue weighted by molar-refractivity contribution is 0.0280. The van der Waals surface area contributed by atoms with Gasteiger partial charge in [-0.2, -0.15) is 10.2 Å². The highest BCUT2D eigenvalue weighted by atomic mass is 35.5. The van der Waals surface area contributed by atoms with Gasteiger partial charge in [-0.25, -0.2) is 13.1 Å². The number of sulfonamides is 1. The lowest BCUT2D eigenvalue weighted by atomic mass is 9.76. The van der Waals surface area contributed by atoms with E-state index >= 15 is 0 Å². The predicted octanol–water partition coefficient (Wildman–Crippen LogP) is 0.906. The van der Waals surface area contributed by atoms with Crippen molar-refractivity contribution in [1.82, 2.24) is 24.3 Å². The van der Waals surface area contributed by atoms with Gasteiger partial charge < -0.3 is 5.11 Å². The predicted molar refractivity (Wildman–Crippen MR) is 88.0 cm³/mol. The summed E-state index contributed by atoms with van der Waals surface area (Å²) in [5, 5.41) is 17.8. The van der Waals surface area contributed by atoms with E-state index in [4.69, 9.17) is 11.6 Å². The van der Waals surface area contributed by atoms with Crippen molar-refractivity contribution in [2.24, 2.45) is 20.0 Å². The Hall–Kier alpha value is -1.42. The fraction of sp³-hybridized carbons (Fsp3) is 0.571. The maximum Gasteiger partial charge on any atom is 0.246 e. The van der Waals surface area contributed by atoms with Gasteiger partial charge in [0.05, 0.1) is 24.0 Å². The van der Waals surface area contributed by atoms with Gasteiger partial charge in [0.1, 0.15) is 10.0 Å². The number of aryl methyl sites for hydroxylation is 3. The van der Waals surface area contributed by atoms with Crippen LogP contribution < -0.4 is 4.72 Å². The Morgan fingerprint density at radius 3 is 2.54 bits per heavy atom. The molecule has 0 spiro atoms. The number of hydrogen-bond donors (Lipinski definition) is 2. The van der Waals surface area contributed by atoms with Crippen molar-refractivity contribution >= 4 is 21.6 Å². The molecule has 0 radical (unpaired) electrons. The number of nitrogens with one attached hydrogen (secondary N) is 1. The average molecular weight is 374 g/mol. The Bertz CT molecular complexity index is 854. The van der Waals surface area contributed by atoms with Crippen molar-refractivity contribution in [3.05, 3.63) is 28.8 Å². The van der Waals surface area contributed by atoms with Gasteiger partial charge in [-0.3, -0.25) is 9.36 Å². The fourth-order valence-corrected chi connectivity index (χ4v) is 5.12. The van der Waals surface area contributed by atoms with E-state index in [0.717, 1.165) is 5.56 Å². The van der Waals surface area contributed by atoms with E-state index in [9.17, 15) is 13.5 Å². The molecule has 2 aromatic rings. The SMILES string of the molecule is Cc1nn(C)c(Cl)c1S(=O)(=O)NC(c1cnn(C)c1)C1CC(O)C1. The van der Waals surface area contributed by atoms with Gasteiger partial charge in [-0.15, -0.1) is 0 Å². The second-order valence-corrected chi connectivity index (χ2v) is 8.27. The molecule has 0 aromatic carbocycles. The first-order chi connectivity index (χ1) is 11.2. The van der Waals surface area contributed by atoms with Crippen molar-refractivity contribution < 1.29 is 13.5 Å². The molecule has 2 aromatic heterocycles. The molecule has 8 nitrogen and oxygen atoms in total. The molecule has 0 aliphatic heterocycles. The van der Waals surface area contributed by atoms with Crippen LogP contribution in [0, 0.1) is 12.8 Å². The second-order valence-electron chi connectivity index (χ2n) is 6.26. The minimum Gasteiger partial charge on any atom is -0.393 e. The van der Waals surface area contributed by atoms with E-state index in [0.29, 0.717) is 18.5 Å². The third kappa shape index (κ3) is 3.08. The third-order valence-electron chi connectivity index (χ3n) is 4.36. The summed E-state index contributed by atoms with van der Waals surface area (Å²) in [6.07, 6.45) is 4.11. The highest BCUT2D eigenvalue weighted by Gasteiger charge is 2.39. The molecule has 132 valence electrons. The standard InChI is InChI=1S/C14H20ClN5O3S/c1-8-13(14(15)20(3)17-8)24(22,23)18-12(9-4-11(21)5-9)10-6-16-19(2)7-10/h6-7,9,11-12,18,21H,4-5H2,1-3H3. The van der Waals surface area contributed by atoms with Gasteiger partial charge in [0, 0.05) is 25.9 Å². The molecule has 1 unspecified atom stereocenters. The van der Waals surface area contributed by atoms with Crippen molar-refractivity contribution in [1.29, 1.82) is 0 Å². The maximum atomic E-state index is 12.9. The van der Waals surface area contributed by atoms with Crippen molar-refractivity contribution in [3.63, 3.8) is 0 Å². The summed E-state index contributed by atoms with van der Waals surface area (Å²) < 4.78 is 31.4. The third-order valence-corrected chi connectivity index (χ3v) is 6.49. The molecular weight excluding hydrogens is 354 g/mol. The summed E-state index contributed by atoms with van der Waals surface area (Å²) >= 11 is 6.11. The van der Waals surface area contributed by atoms with Crippen LogP contribution in [0.1, 0.15) is 30.1 Å². The van der Waals surface area contributed by atoms with Crippen LogP contribution in [0.3, 0.4) is 0 Å². The van der Waals surface area contributed by atoms with Crippen LogP contribution in [0.2, 0.25) is 5.15 Å². The first-order valence-electron chi connectivity index (χ1n) is 7.57. The molecule has 10 heteroatoms. The monoisotopic (exact) mass is 373 g/mol. The number of aromatic nitrogens is 4. The number of aliphatic hydroxyl groups excluding tert-OH is 1. The highest BCUT2D eigenvalue weighted by molar-refractivity contribution is 7.89. The number of hydrogen-bond acceptors (Lipinski definition) is 5. The molecule has 0 amide bonds. The van der Waals surface area contributed by atoms with E-state index < -0.39 is 16.1 Å². The first kappa shape index (κ1) is 17.4. The summed E-state index contributed by atoms with van der Waals surface area (Å²) in [6.45, 7) is 1.60. The molecule has 1 aliphatic rings. The molecule has 1 fully saturated rings. The lowest BCUT2D eigenvalue weighted by Gasteiger charge is -2.37. The summed E-state index contributed by atoms with van der Waals surface area (Å²) in [5.74, 6) is 0.00901. The molecule has 1 atom stereocenters. The summed E-state index contributed by atoms with van der Waals surface area (Å²) in [7, 11) is -0.498. The van der Waals surface area contributed by atoms with Gasteiger partial charge in [-0.1, -0.05) is 11.6 Å². The molecule has 24 heavy (non-hydrogen) atoms. The van der Waals surface area contributed by atoms with Crippen LogP contribution in [-0.4, -0.2) is 39.2 Å². The average Bonchev–Trinajstić information content (AvgIpc) is 2.97. The van der Waals surface area contributed by atoms with Crippen LogP contribution in [-0.2, 0) is 24.1 Å². The first-order valence-corrected chi connectivity index (χ1v) is 9.43. The zero-order valence-corrected chi connectivity index (χ0v) is 15.2. The minimum atomic E-state index is -3.86. The Labute approximate surface area is 145 Å². The maximum absolute atomic E-state index is 12.9. The summed E-state index contributed by atoms with van der Waals surface area (Å²) in [4.78, 5) is -0.0135. The Balaban J connectivity index is 1.94. The van der Waals surface area contributed by atoms with Gasteiger partial charge in [-0.05, 0) is 25.7 Å². The van der Waals surface area contributed by atoms with Crippen molar-refractivity contribution in [2.45, 2.75) is 36.8 Å². The number of aliphatic hydroxyl groups is 1. The fourth-order valence-electron chi connectivity index (χ4n) is 3.08. The molecule has 0 bridgehead atoms. The number of rotatable bonds is 5. The van der Waals surface area contributed by atoms with Gasteiger partial charge in [0.25, 0.3) is 0 Å². The summed E-state index contributed by atoms with van der Waals surface area (Å²) in [5.41, 5.74) is 1.10. The largest absolute Gasteiger partial charge is 0.393 e. The molecular formula is C14H20ClN5O3S. The zero-order chi connectivity index (χ0) is 17.6. The Morgan fingerprint density at radius 2 is 2.08 bits per heavy atom. The Morgan fingerprint density at radius 1 is 1.42 bits per heavy atom. The van der Waals surface area contributed by atoms with E-state index in [-0.39, 0.29) is 22.1 Å². The molecule has 2 N–H and O–H groups in total. The van der Waals surface area contributed by atoms with Crippen LogP contribution in [0.25, 0.3) is 0 Å². The van der Waals surface area contributed by atoms with Crippen LogP contribution >= 0.6 is 11.6 Å². The molecule has 2 heterocycles. The summed E-state index contributed by atoms with van der Waals surface area (Å²) in [6, 6.07) is -0.470. The molecule has 0 saturated heterocycles. The van der Waals surface area contributed by atoms with E-state index in [1.807, 2.05) is 0 Å². The number of nitrogens with zero attached hydrogens (tertiary/aromatic N) is 4. The van der Waals surface area contributed by atoms with Crippen LogP contribution in [0.4, 0.5) is 0 Å². The Kier molecular flexibility index (Phi) is 4.45. The van der Waals surface area contributed by atoms with Crippen LogP contribution in [0.5, 0.6) is 0 Å². The molecule has 3 rings (SSSR count). The van der Waals surface area contributed by atoms with E-state index in [1.54, 1.807) is 38.1 Å². The minimum absolute atomic E-state index is 0.00901. The van der Waals surface area contributed by atoms with E-state index in [2.05, 4.69) is 14.9 Å². The normalized spacial score (nSPS) is 22.4. The van der Waals surface area contributed by atoms with Crippen LogP contribution in [0.15, 0.2) is 17.3 Å². The van der Waals surface area contributed by atoms with Gasteiger partial charge >= 0.3 is 0 Å². The molecule has 1 aliphatic carbocycles.